The molecule has 5 nitrogen and oxygen atoms in total. The minimum atomic E-state index is -4.78. The lowest BCUT2D eigenvalue weighted by Crippen LogP contribution is -2.51. The molecular formula is C13H16ClF3N2O3S. The summed E-state index contributed by atoms with van der Waals surface area (Å²) in [6.45, 7) is 1.80. The van der Waals surface area contributed by atoms with Gasteiger partial charge < -0.3 is 4.74 Å². The predicted octanol–water partition coefficient (Wildman–Crippen LogP) is 2.50. The molecule has 1 aromatic carbocycles. The first-order valence-corrected chi connectivity index (χ1v) is 8.62. The smallest absolute Gasteiger partial charge is 0.376 e. The monoisotopic (exact) mass is 372 g/mol. The first-order valence-electron chi connectivity index (χ1n) is 6.81. The molecule has 130 valence electrons. The fourth-order valence-corrected chi connectivity index (χ4v) is 3.77. The highest BCUT2D eigenvalue weighted by atomic mass is 35.5. The lowest BCUT2D eigenvalue weighted by Gasteiger charge is -2.32. The van der Waals surface area contributed by atoms with Crippen LogP contribution in [0, 0.1) is 0 Å². The van der Waals surface area contributed by atoms with Crippen LogP contribution in [0.2, 0.25) is 5.02 Å². The molecule has 23 heavy (non-hydrogen) atoms. The van der Waals surface area contributed by atoms with Gasteiger partial charge in [0.05, 0.1) is 12.7 Å². The molecule has 1 aliphatic rings. The van der Waals surface area contributed by atoms with Gasteiger partial charge in [-0.2, -0.15) is 30.6 Å². The molecule has 0 saturated carbocycles. The second kappa shape index (κ2) is 6.94. The van der Waals surface area contributed by atoms with Crippen molar-refractivity contribution in [2.24, 2.45) is 0 Å². The Balaban J connectivity index is 2.25. The van der Waals surface area contributed by atoms with Crippen LogP contribution in [0.5, 0.6) is 0 Å². The van der Waals surface area contributed by atoms with E-state index in [4.69, 9.17) is 16.3 Å². The summed E-state index contributed by atoms with van der Waals surface area (Å²) in [5, 5.41) is 0.263. The van der Waals surface area contributed by atoms with Gasteiger partial charge in [0.1, 0.15) is 6.04 Å². The van der Waals surface area contributed by atoms with Gasteiger partial charge >= 0.3 is 6.18 Å². The summed E-state index contributed by atoms with van der Waals surface area (Å²) in [5.74, 6) is 0. The number of alkyl halides is 3. The van der Waals surface area contributed by atoms with Crippen molar-refractivity contribution in [1.29, 1.82) is 0 Å². The van der Waals surface area contributed by atoms with Crippen LogP contribution in [0.3, 0.4) is 0 Å². The maximum atomic E-state index is 13.3. The van der Waals surface area contributed by atoms with E-state index in [1.165, 1.54) is 12.1 Å². The van der Waals surface area contributed by atoms with Crippen molar-refractivity contribution in [2.45, 2.75) is 25.2 Å². The minimum absolute atomic E-state index is 0.000524. The number of hydrogen-bond acceptors (Lipinski definition) is 3. The van der Waals surface area contributed by atoms with Crippen LogP contribution < -0.4 is 4.72 Å². The number of rotatable bonds is 4. The van der Waals surface area contributed by atoms with Crippen molar-refractivity contribution >= 4 is 21.8 Å². The van der Waals surface area contributed by atoms with Crippen molar-refractivity contribution in [3.63, 3.8) is 0 Å². The molecule has 0 amide bonds. The molecule has 1 saturated heterocycles. The number of nitrogens with one attached hydrogen (secondary N) is 1. The van der Waals surface area contributed by atoms with E-state index < -0.39 is 22.4 Å². The SMILES string of the molecule is C[C@H]1CN(S(=O)(=O)N[C@H](c2ccc(Cl)cc2)C(F)(F)F)CCO1. The largest absolute Gasteiger partial charge is 0.408 e. The average Bonchev–Trinajstić information content (AvgIpc) is 2.45. The minimum Gasteiger partial charge on any atom is -0.376 e. The molecule has 0 spiro atoms. The summed E-state index contributed by atoms with van der Waals surface area (Å²) in [6, 6.07) is 2.50. The van der Waals surface area contributed by atoms with Crippen molar-refractivity contribution in [2.75, 3.05) is 19.7 Å². The average molecular weight is 373 g/mol. The summed E-state index contributed by atoms with van der Waals surface area (Å²) in [6.07, 6.45) is -5.15. The molecule has 1 heterocycles. The third kappa shape index (κ3) is 4.80. The molecule has 1 fully saturated rings. The summed E-state index contributed by atoms with van der Waals surface area (Å²) in [7, 11) is -4.31. The van der Waals surface area contributed by atoms with Crippen molar-refractivity contribution < 1.29 is 26.3 Å². The molecule has 1 aromatic rings. The van der Waals surface area contributed by atoms with E-state index in [9.17, 15) is 21.6 Å². The maximum Gasteiger partial charge on any atom is 0.408 e. The highest BCUT2D eigenvalue weighted by Gasteiger charge is 2.44. The third-order valence-electron chi connectivity index (χ3n) is 3.34. The Labute approximate surface area is 137 Å². The molecule has 10 heteroatoms. The summed E-state index contributed by atoms with van der Waals surface area (Å²) >= 11 is 5.66. The molecule has 2 rings (SSSR count). The molecule has 1 aliphatic heterocycles. The zero-order valence-corrected chi connectivity index (χ0v) is 13.7. The van der Waals surface area contributed by atoms with Crippen LogP contribution in [-0.2, 0) is 14.9 Å². The standard InChI is InChI=1S/C13H16ClF3N2O3S/c1-9-8-19(6-7-22-9)23(20,21)18-12(13(15,16)17)10-2-4-11(14)5-3-10/h2-5,9,12,18H,6-8H2,1H3/t9-,12+/m0/s1. The Bertz CT molecular complexity index is 637. The van der Waals surface area contributed by atoms with Crippen LogP contribution >= 0.6 is 11.6 Å². The van der Waals surface area contributed by atoms with E-state index in [0.29, 0.717) is 0 Å². The third-order valence-corrected chi connectivity index (χ3v) is 5.14. The van der Waals surface area contributed by atoms with Gasteiger partial charge in [-0.1, -0.05) is 23.7 Å². The highest BCUT2D eigenvalue weighted by Crippen LogP contribution is 2.34. The van der Waals surface area contributed by atoms with Gasteiger partial charge in [0.25, 0.3) is 10.2 Å². The summed E-state index contributed by atoms with van der Waals surface area (Å²) in [4.78, 5) is 0. The van der Waals surface area contributed by atoms with E-state index in [0.717, 1.165) is 16.4 Å². The lowest BCUT2D eigenvalue weighted by atomic mass is 10.1. The van der Waals surface area contributed by atoms with Crippen molar-refractivity contribution in [3.8, 4) is 0 Å². The number of halogens is 4. The topological polar surface area (TPSA) is 58.6 Å². The Morgan fingerprint density at radius 2 is 1.96 bits per heavy atom. The first-order chi connectivity index (χ1) is 10.6. The Hall–Kier alpha value is -0.870. The van der Waals surface area contributed by atoms with Crippen molar-refractivity contribution in [3.05, 3.63) is 34.9 Å². The van der Waals surface area contributed by atoms with Gasteiger partial charge in [-0.3, -0.25) is 0 Å². The van der Waals surface area contributed by atoms with Crippen molar-refractivity contribution in [1.82, 2.24) is 9.03 Å². The van der Waals surface area contributed by atoms with Gasteiger partial charge in [-0.05, 0) is 24.6 Å². The van der Waals surface area contributed by atoms with Gasteiger partial charge in [-0.15, -0.1) is 0 Å². The fourth-order valence-electron chi connectivity index (χ4n) is 2.21. The number of hydrogen-bond donors (Lipinski definition) is 1. The lowest BCUT2D eigenvalue weighted by molar-refractivity contribution is -0.153. The van der Waals surface area contributed by atoms with Gasteiger partial charge in [-0.25, -0.2) is 0 Å². The quantitative estimate of drug-likeness (QED) is 0.883. The molecule has 0 aromatic heterocycles. The predicted molar refractivity (Wildman–Crippen MR) is 79.3 cm³/mol. The van der Waals surface area contributed by atoms with E-state index in [2.05, 4.69) is 0 Å². The highest BCUT2D eigenvalue weighted by molar-refractivity contribution is 7.87. The first kappa shape index (κ1) is 18.5. The molecular weight excluding hydrogens is 357 g/mol. The normalized spacial score (nSPS) is 22.0. The fraction of sp³-hybridized carbons (Fsp3) is 0.538. The molecule has 0 radical (unpaired) electrons. The van der Waals surface area contributed by atoms with Crippen LogP contribution in [0.1, 0.15) is 18.5 Å². The zero-order valence-electron chi connectivity index (χ0n) is 12.2. The van der Waals surface area contributed by atoms with Crippen LogP contribution in [0.15, 0.2) is 24.3 Å². The molecule has 0 unspecified atom stereocenters. The number of nitrogens with zero attached hydrogens (tertiary/aromatic N) is 1. The maximum absolute atomic E-state index is 13.3. The molecule has 0 bridgehead atoms. The Morgan fingerprint density at radius 3 is 2.48 bits per heavy atom. The zero-order chi connectivity index (χ0) is 17.3. The van der Waals surface area contributed by atoms with E-state index in [-0.39, 0.29) is 36.4 Å². The second-order valence-corrected chi connectivity index (χ2v) is 7.33. The van der Waals surface area contributed by atoms with E-state index in [1.54, 1.807) is 11.6 Å². The Kier molecular flexibility index (Phi) is 5.57. The Morgan fingerprint density at radius 1 is 1.35 bits per heavy atom. The number of benzene rings is 1. The van der Waals surface area contributed by atoms with E-state index in [1.807, 2.05) is 0 Å². The van der Waals surface area contributed by atoms with Gasteiger partial charge in [0.15, 0.2) is 0 Å². The summed E-state index contributed by atoms with van der Waals surface area (Å²) in [5.41, 5.74) is -0.230. The molecule has 0 aliphatic carbocycles. The molecule has 1 N–H and O–H groups in total. The second-order valence-electron chi connectivity index (χ2n) is 5.19. The number of ether oxygens (including phenoxy) is 1. The van der Waals surface area contributed by atoms with Crippen LogP contribution in [0.4, 0.5) is 13.2 Å². The van der Waals surface area contributed by atoms with Crippen LogP contribution in [0.25, 0.3) is 0 Å². The van der Waals surface area contributed by atoms with Gasteiger partial charge in [0, 0.05) is 18.1 Å². The number of morpholine rings is 1. The van der Waals surface area contributed by atoms with E-state index >= 15 is 0 Å². The molecule has 2 atom stereocenters. The van der Waals surface area contributed by atoms with Crippen LogP contribution in [-0.4, -0.2) is 44.7 Å². The summed E-state index contributed by atoms with van der Waals surface area (Å²) < 4.78 is 72.2. The van der Waals surface area contributed by atoms with Gasteiger partial charge in [0.2, 0.25) is 0 Å².